The van der Waals surface area contributed by atoms with Crippen LogP contribution in [0.25, 0.3) is 0 Å². The molecule has 0 N–H and O–H groups in total. The molecule has 0 aliphatic rings. The fourth-order valence-corrected chi connectivity index (χ4v) is 1.41. The van der Waals surface area contributed by atoms with Gasteiger partial charge in [-0.1, -0.05) is 34.6 Å². The molecule has 11 heavy (non-hydrogen) atoms. The van der Waals surface area contributed by atoms with Crippen LogP contribution < -0.4 is 0 Å². The minimum Gasteiger partial charge on any atom is -0.196 e. The summed E-state index contributed by atoms with van der Waals surface area (Å²) in [6, 6.07) is 0. The molecule has 0 saturated carbocycles. The molecule has 0 radical (unpaired) electrons. The molecule has 0 spiro atoms. The van der Waals surface area contributed by atoms with E-state index >= 15 is 0 Å². The van der Waals surface area contributed by atoms with Crippen LogP contribution in [0.4, 0.5) is 0 Å². The molecular formula is C10H15Au. The third kappa shape index (κ3) is 1.64. The van der Waals surface area contributed by atoms with Gasteiger partial charge in [0.15, 0.2) is 0 Å². The van der Waals surface area contributed by atoms with Gasteiger partial charge in [-0.15, -0.1) is 0 Å². The van der Waals surface area contributed by atoms with E-state index in [0.717, 1.165) is 0 Å². The fourth-order valence-electron chi connectivity index (χ4n) is 1.41. The van der Waals surface area contributed by atoms with Gasteiger partial charge in [0.1, 0.15) is 0 Å². The molecule has 66 valence electrons. The van der Waals surface area contributed by atoms with Gasteiger partial charge in [-0.05, 0) is 0 Å². The molecule has 0 unspecified atom stereocenters. The predicted molar refractivity (Wildman–Crippen MR) is 45.7 cm³/mol. The van der Waals surface area contributed by atoms with Crippen molar-refractivity contribution in [3.63, 3.8) is 0 Å². The summed E-state index contributed by atoms with van der Waals surface area (Å²) in [6.07, 6.45) is 0. The van der Waals surface area contributed by atoms with Gasteiger partial charge in [-0.2, -0.15) is 27.8 Å². The van der Waals surface area contributed by atoms with Crippen LogP contribution in [0.2, 0.25) is 0 Å². The first-order valence-corrected chi connectivity index (χ1v) is 3.75. The van der Waals surface area contributed by atoms with Crippen LogP contribution in [0.1, 0.15) is 27.8 Å². The Labute approximate surface area is 84.9 Å². The van der Waals surface area contributed by atoms with E-state index in [4.69, 9.17) is 0 Å². The zero-order valence-corrected chi connectivity index (χ0v) is 9.97. The standard InChI is InChI=1S/C10H15.Au/c1-6-7(2)9(4)10(5)8(6)3;/h1-5H3;/q-1;+1. The van der Waals surface area contributed by atoms with Gasteiger partial charge in [0.2, 0.25) is 0 Å². The fraction of sp³-hybridized carbons (Fsp3) is 0.500. The summed E-state index contributed by atoms with van der Waals surface area (Å²) in [4.78, 5) is 0. The molecular weight excluding hydrogens is 317 g/mol. The van der Waals surface area contributed by atoms with E-state index in [1.54, 1.807) is 0 Å². The summed E-state index contributed by atoms with van der Waals surface area (Å²) in [5.74, 6) is 0. The van der Waals surface area contributed by atoms with E-state index in [1.807, 2.05) is 0 Å². The maximum absolute atomic E-state index is 2.20. The number of hydrogen-bond donors (Lipinski definition) is 0. The van der Waals surface area contributed by atoms with Crippen molar-refractivity contribution < 1.29 is 22.4 Å². The molecule has 1 rings (SSSR count). The molecule has 1 aromatic carbocycles. The van der Waals surface area contributed by atoms with E-state index < -0.39 is 0 Å². The van der Waals surface area contributed by atoms with E-state index in [1.165, 1.54) is 27.8 Å². The van der Waals surface area contributed by atoms with Gasteiger partial charge in [-0.3, -0.25) is 0 Å². The van der Waals surface area contributed by atoms with Crippen molar-refractivity contribution in [3.8, 4) is 0 Å². The van der Waals surface area contributed by atoms with Crippen LogP contribution in [0.5, 0.6) is 0 Å². The Morgan fingerprint density at radius 1 is 0.818 bits per heavy atom. The average Bonchev–Trinajstić information content (AvgIpc) is 2.07. The molecule has 0 heterocycles. The molecule has 0 fully saturated rings. The van der Waals surface area contributed by atoms with Crippen molar-refractivity contribution in [1.29, 1.82) is 0 Å². The summed E-state index contributed by atoms with van der Waals surface area (Å²) in [6.45, 7) is 11.0. The van der Waals surface area contributed by atoms with E-state index in [0.29, 0.717) is 0 Å². The maximum Gasteiger partial charge on any atom is 1.00 e. The SMILES string of the molecule is Cc1c(C)c(C)[c-](C)c1C.[Au+]. The monoisotopic (exact) mass is 332 g/mol. The molecule has 0 aromatic heterocycles. The Balaban J connectivity index is 0.000001000. The van der Waals surface area contributed by atoms with E-state index in [9.17, 15) is 0 Å². The summed E-state index contributed by atoms with van der Waals surface area (Å²) >= 11 is 0. The van der Waals surface area contributed by atoms with Crippen molar-refractivity contribution in [2.75, 3.05) is 0 Å². The predicted octanol–water partition coefficient (Wildman–Crippen LogP) is 2.95. The summed E-state index contributed by atoms with van der Waals surface area (Å²) < 4.78 is 0. The molecule has 0 aliphatic heterocycles. The van der Waals surface area contributed by atoms with Crippen LogP contribution in [-0.2, 0) is 22.4 Å². The van der Waals surface area contributed by atoms with Crippen LogP contribution in [0.15, 0.2) is 0 Å². The zero-order chi connectivity index (χ0) is 7.89. The van der Waals surface area contributed by atoms with Crippen molar-refractivity contribution in [1.82, 2.24) is 0 Å². The minimum atomic E-state index is 0. The molecule has 0 aliphatic carbocycles. The van der Waals surface area contributed by atoms with Crippen LogP contribution in [0.3, 0.4) is 0 Å². The summed E-state index contributed by atoms with van der Waals surface area (Å²) in [5, 5.41) is 0. The molecule has 0 saturated heterocycles. The largest absolute Gasteiger partial charge is 1.00 e. The van der Waals surface area contributed by atoms with E-state index in [2.05, 4.69) is 34.6 Å². The van der Waals surface area contributed by atoms with Gasteiger partial charge in [0.25, 0.3) is 0 Å². The van der Waals surface area contributed by atoms with Crippen molar-refractivity contribution in [2.45, 2.75) is 34.6 Å². The molecule has 0 atom stereocenters. The third-order valence-corrected chi connectivity index (χ3v) is 2.81. The average molecular weight is 332 g/mol. The Bertz CT molecular complexity index is 176. The second-order valence-electron chi connectivity index (χ2n) is 3.12. The smallest absolute Gasteiger partial charge is 0.196 e. The normalized spacial score (nSPS) is 9.55. The Hall–Kier alpha value is 0.0903. The first-order chi connectivity index (χ1) is 4.55. The third-order valence-electron chi connectivity index (χ3n) is 2.81. The number of rotatable bonds is 0. The van der Waals surface area contributed by atoms with Crippen molar-refractivity contribution >= 4 is 0 Å². The van der Waals surface area contributed by atoms with E-state index in [-0.39, 0.29) is 22.4 Å². The van der Waals surface area contributed by atoms with Crippen LogP contribution in [0, 0.1) is 34.6 Å². The van der Waals surface area contributed by atoms with Gasteiger partial charge in [0, 0.05) is 0 Å². The molecule has 1 heteroatoms. The summed E-state index contributed by atoms with van der Waals surface area (Å²) in [5.41, 5.74) is 7.34. The van der Waals surface area contributed by atoms with Gasteiger partial charge >= 0.3 is 22.4 Å². The van der Waals surface area contributed by atoms with Crippen molar-refractivity contribution in [3.05, 3.63) is 27.8 Å². The molecule has 0 nitrogen and oxygen atoms in total. The van der Waals surface area contributed by atoms with Gasteiger partial charge in [-0.25, -0.2) is 0 Å². The van der Waals surface area contributed by atoms with Crippen LogP contribution >= 0.6 is 0 Å². The number of hydrogen-bond acceptors (Lipinski definition) is 0. The Kier molecular flexibility index (Phi) is 3.69. The quantitative estimate of drug-likeness (QED) is 0.506. The first kappa shape index (κ1) is 11.1. The topological polar surface area (TPSA) is 0 Å². The second-order valence-corrected chi connectivity index (χ2v) is 3.12. The maximum atomic E-state index is 2.20. The van der Waals surface area contributed by atoms with Gasteiger partial charge in [0.05, 0.1) is 0 Å². The van der Waals surface area contributed by atoms with Crippen molar-refractivity contribution in [2.24, 2.45) is 0 Å². The summed E-state index contributed by atoms with van der Waals surface area (Å²) in [7, 11) is 0. The van der Waals surface area contributed by atoms with Gasteiger partial charge < -0.3 is 0 Å². The zero-order valence-electron chi connectivity index (χ0n) is 7.80. The van der Waals surface area contributed by atoms with Crippen LogP contribution in [-0.4, -0.2) is 0 Å². The molecule has 1 aromatic rings. The minimum absolute atomic E-state index is 0. The Morgan fingerprint density at radius 2 is 1.09 bits per heavy atom. The molecule has 0 amide bonds. The first-order valence-electron chi connectivity index (χ1n) is 3.75. The Morgan fingerprint density at radius 3 is 1.18 bits per heavy atom. The second kappa shape index (κ2) is 3.66. The molecule has 0 bridgehead atoms.